The summed E-state index contributed by atoms with van der Waals surface area (Å²) in [5.41, 5.74) is 10.2. The predicted molar refractivity (Wildman–Crippen MR) is 133 cm³/mol. The Morgan fingerprint density at radius 2 is 2.06 bits per heavy atom. The zero-order chi connectivity index (χ0) is 25.1. The minimum Gasteiger partial charge on any atom is -0.490 e. The number of halogens is 1. The van der Waals surface area contributed by atoms with E-state index in [1.807, 2.05) is 45.0 Å². The number of hydrogen-bond donors (Lipinski definition) is 3. The Bertz CT molecular complexity index is 1360. The third kappa shape index (κ3) is 4.95. The molecule has 1 aromatic heterocycles. The number of aromatic nitrogens is 2. The summed E-state index contributed by atoms with van der Waals surface area (Å²) in [5.74, 6) is 0.413. The Morgan fingerprint density at radius 1 is 1.26 bits per heavy atom. The number of H-pyrrole nitrogens is 1. The van der Waals surface area contributed by atoms with Gasteiger partial charge in [0.05, 0.1) is 12.5 Å². The number of benzene rings is 2. The molecule has 35 heavy (non-hydrogen) atoms. The minimum absolute atomic E-state index is 0.00897. The van der Waals surface area contributed by atoms with Crippen LogP contribution < -0.4 is 25.3 Å². The lowest BCUT2D eigenvalue weighted by molar-refractivity contribution is -0.118. The summed E-state index contributed by atoms with van der Waals surface area (Å²) in [6, 6.07) is 13.1. The number of nitriles is 1. The first kappa shape index (κ1) is 24.2. The topological polar surface area (TPSA) is 135 Å². The number of hydrogen-bond acceptors (Lipinski definition) is 7. The van der Waals surface area contributed by atoms with E-state index in [1.54, 1.807) is 12.1 Å². The van der Waals surface area contributed by atoms with E-state index in [4.69, 9.17) is 19.9 Å². The smallest absolute Gasteiger partial charge is 0.262 e. The first-order valence-electron chi connectivity index (χ1n) is 10.9. The molecule has 9 nitrogen and oxygen atoms in total. The average Bonchev–Trinajstić information content (AvgIpc) is 3.19. The highest BCUT2D eigenvalue weighted by molar-refractivity contribution is 9.10. The number of aromatic amines is 1. The maximum atomic E-state index is 12.5. The van der Waals surface area contributed by atoms with Crippen molar-refractivity contribution in [3.8, 4) is 23.4 Å². The Morgan fingerprint density at radius 3 is 2.77 bits per heavy atom. The van der Waals surface area contributed by atoms with Crippen molar-refractivity contribution in [1.82, 2.24) is 10.2 Å². The molecule has 10 heteroatoms. The Hall–Kier alpha value is -3.97. The largest absolute Gasteiger partial charge is 0.490 e. The number of carbonyl (C=O) groups excluding carboxylic acids is 1. The fourth-order valence-electron chi connectivity index (χ4n) is 3.92. The molecular formula is C25H24BrN5O4. The van der Waals surface area contributed by atoms with Gasteiger partial charge in [0, 0.05) is 21.4 Å². The zero-order valence-electron chi connectivity index (χ0n) is 19.4. The molecule has 0 saturated carbocycles. The highest BCUT2D eigenvalue weighted by Gasteiger charge is 2.34. The van der Waals surface area contributed by atoms with Crippen molar-refractivity contribution in [2.45, 2.75) is 26.7 Å². The van der Waals surface area contributed by atoms with Crippen molar-refractivity contribution in [2.75, 3.05) is 18.5 Å². The van der Waals surface area contributed by atoms with E-state index < -0.39 is 5.92 Å². The normalized spacial score (nSPS) is 14.5. The zero-order valence-corrected chi connectivity index (χ0v) is 21.0. The molecule has 1 atom stereocenters. The molecule has 180 valence electrons. The van der Waals surface area contributed by atoms with E-state index >= 15 is 0 Å². The molecule has 4 N–H and O–H groups in total. The Labute approximate surface area is 211 Å². The fourth-order valence-corrected chi connectivity index (χ4v) is 4.40. The number of aryl methyl sites for hydroxylation is 2. The molecule has 0 saturated heterocycles. The van der Waals surface area contributed by atoms with Gasteiger partial charge in [-0.25, -0.2) is 0 Å². The number of rotatable bonds is 7. The molecule has 0 aliphatic carbocycles. The number of ether oxygens (including phenoxy) is 3. The van der Waals surface area contributed by atoms with Crippen LogP contribution in [0.1, 0.15) is 35.2 Å². The van der Waals surface area contributed by atoms with Gasteiger partial charge < -0.3 is 25.3 Å². The summed E-state index contributed by atoms with van der Waals surface area (Å²) in [5, 5.41) is 19.7. The maximum absolute atomic E-state index is 12.5. The molecule has 1 amide bonds. The minimum atomic E-state index is -0.487. The molecule has 2 heterocycles. The standard InChI is InChI=1S/C25H24BrN5O4/c1-4-33-20-10-15(23-17(11-27)24(28)35-25-22(23)14(3)30-31-25)5-8-19(20)34-12-21(32)29-18-7-6-16(26)9-13(18)2/h5-10,23H,4,12,28H2,1-3H3,(H,29,32)(H,30,31). The Kier molecular flexibility index (Phi) is 6.98. The summed E-state index contributed by atoms with van der Waals surface area (Å²) in [7, 11) is 0. The summed E-state index contributed by atoms with van der Waals surface area (Å²) in [6.45, 7) is 5.80. The fraction of sp³-hybridized carbons (Fsp3) is 0.240. The van der Waals surface area contributed by atoms with Crippen LogP contribution in [0.15, 0.2) is 52.3 Å². The van der Waals surface area contributed by atoms with Crippen LogP contribution in [-0.4, -0.2) is 29.3 Å². The summed E-state index contributed by atoms with van der Waals surface area (Å²) in [4.78, 5) is 12.5. The second-order valence-electron chi connectivity index (χ2n) is 7.93. The van der Waals surface area contributed by atoms with Gasteiger partial charge in [-0.15, -0.1) is 5.10 Å². The van der Waals surface area contributed by atoms with Gasteiger partial charge in [0.2, 0.25) is 11.8 Å². The van der Waals surface area contributed by atoms with E-state index in [0.717, 1.165) is 26.9 Å². The highest BCUT2D eigenvalue weighted by Crippen LogP contribution is 2.44. The van der Waals surface area contributed by atoms with Gasteiger partial charge in [-0.3, -0.25) is 9.89 Å². The molecular weight excluding hydrogens is 514 g/mol. The second-order valence-corrected chi connectivity index (χ2v) is 8.84. The lowest BCUT2D eigenvalue weighted by atomic mass is 9.84. The molecule has 0 bridgehead atoms. The van der Waals surface area contributed by atoms with Crippen molar-refractivity contribution in [1.29, 1.82) is 5.26 Å². The molecule has 0 fully saturated rings. The van der Waals surface area contributed by atoms with Crippen molar-refractivity contribution >= 4 is 27.5 Å². The van der Waals surface area contributed by atoms with Crippen LogP contribution >= 0.6 is 15.9 Å². The average molecular weight is 538 g/mol. The van der Waals surface area contributed by atoms with Crippen LogP contribution in [0.5, 0.6) is 17.4 Å². The molecule has 1 aliphatic heterocycles. The molecule has 0 radical (unpaired) electrons. The third-order valence-corrected chi connectivity index (χ3v) is 6.04. The van der Waals surface area contributed by atoms with Crippen LogP contribution in [0.25, 0.3) is 0 Å². The van der Waals surface area contributed by atoms with Gasteiger partial charge in [0.25, 0.3) is 5.91 Å². The van der Waals surface area contributed by atoms with Crippen LogP contribution in [0, 0.1) is 25.2 Å². The van der Waals surface area contributed by atoms with E-state index in [9.17, 15) is 10.1 Å². The van der Waals surface area contributed by atoms with Crippen LogP contribution in [0.3, 0.4) is 0 Å². The quantitative estimate of drug-likeness (QED) is 0.405. The summed E-state index contributed by atoms with van der Waals surface area (Å²) < 4.78 is 18.1. The number of anilines is 1. The van der Waals surface area contributed by atoms with Crippen LogP contribution in [-0.2, 0) is 4.79 Å². The molecule has 1 aliphatic rings. The first-order valence-corrected chi connectivity index (χ1v) is 11.7. The molecule has 1 unspecified atom stereocenters. The van der Waals surface area contributed by atoms with Gasteiger partial charge in [-0.1, -0.05) is 22.0 Å². The van der Waals surface area contributed by atoms with Gasteiger partial charge in [0.15, 0.2) is 18.1 Å². The lowest BCUT2D eigenvalue weighted by Crippen LogP contribution is -2.22. The monoisotopic (exact) mass is 537 g/mol. The summed E-state index contributed by atoms with van der Waals surface area (Å²) >= 11 is 3.41. The number of carbonyl (C=O) groups is 1. The van der Waals surface area contributed by atoms with Crippen LogP contribution in [0.2, 0.25) is 0 Å². The summed E-state index contributed by atoms with van der Waals surface area (Å²) in [6.07, 6.45) is 0. The lowest BCUT2D eigenvalue weighted by Gasteiger charge is -2.24. The SMILES string of the molecule is CCOc1cc(C2C(C#N)=C(N)Oc3n[nH]c(C)c32)ccc1OCC(=O)Nc1ccc(Br)cc1C. The highest BCUT2D eigenvalue weighted by atomic mass is 79.9. The first-order chi connectivity index (χ1) is 16.8. The van der Waals surface area contributed by atoms with Crippen molar-refractivity contribution in [3.05, 3.63) is 74.7 Å². The maximum Gasteiger partial charge on any atom is 0.262 e. The van der Waals surface area contributed by atoms with E-state index in [-0.39, 0.29) is 24.0 Å². The molecule has 4 rings (SSSR count). The number of nitrogens with two attached hydrogens (primary N) is 1. The van der Waals surface area contributed by atoms with Crippen molar-refractivity contribution in [3.63, 3.8) is 0 Å². The predicted octanol–water partition coefficient (Wildman–Crippen LogP) is 4.42. The molecule has 2 aromatic carbocycles. The second kappa shape index (κ2) is 10.1. The van der Waals surface area contributed by atoms with Crippen molar-refractivity contribution in [2.24, 2.45) is 5.73 Å². The van der Waals surface area contributed by atoms with Crippen molar-refractivity contribution < 1.29 is 19.0 Å². The third-order valence-electron chi connectivity index (χ3n) is 5.55. The van der Waals surface area contributed by atoms with E-state index in [0.29, 0.717) is 29.7 Å². The van der Waals surface area contributed by atoms with Gasteiger partial charge in [-0.05, 0) is 62.2 Å². The Balaban J connectivity index is 1.58. The number of fused-ring (bicyclic) bond motifs is 1. The van der Waals surface area contributed by atoms with Gasteiger partial charge in [-0.2, -0.15) is 5.26 Å². The molecule has 0 spiro atoms. The molecule has 3 aromatic rings. The number of nitrogens with one attached hydrogen (secondary N) is 2. The number of amides is 1. The van der Waals surface area contributed by atoms with E-state index in [1.165, 1.54) is 0 Å². The number of nitrogens with zero attached hydrogens (tertiary/aromatic N) is 2. The van der Waals surface area contributed by atoms with E-state index in [2.05, 4.69) is 37.5 Å². The van der Waals surface area contributed by atoms with Gasteiger partial charge in [0.1, 0.15) is 11.6 Å². The number of allylic oxidation sites excluding steroid dienone is 1. The van der Waals surface area contributed by atoms with Gasteiger partial charge >= 0.3 is 0 Å². The van der Waals surface area contributed by atoms with Crippen LogP contribution in [0.4, 0.5) is 5.69 Å².